The molecule has 0 bridgehead atoms. The van der Waals surface area contributed by atoms with Gasteiger partial charge in [0.05, 0.1) is 18.4 Å². The maximum Gasteiger partial charge on any atom is 0.340 e. The largest absolute Gasteiger partial charge is 0.462 e. The predicted octanol–water partition coefficient (Wildman–Crippen LogP) is 1.20. The number of rotatable bonds is 2. The summed E-state index contributed by atoms with van der Waals surface area (Å²) in [6.07, 6.45) is 2.18. The molecule has 0 aliphatic heterocycles. The highest BCUT2D eigenvalue weighted by atomic mass is 19.1. The molecule has 4 heteroatoms. The lowest BCUT2D eigenvalue weighted by molar-refractivity contribution is 0.0525. The molecule has 0 saturated carbocycles. The molecule has 1 rings (SSSR count). The second kappa shape index (κ2) is 3.80. The molecule has 0 saturated heterocycles. The highest BCUT2D eigenvalue weighted by Crippen LogP contribution is 2.01. The van der Waals surface area contributed by atoms with Gasteiger partial charge in [0.2, 0.25) is 0 Å². The second-order valence-electron chi connectivity index (χ2n) is 2.01. The van der Waals surface area contributed by atoms with Gasteiger partial charge in [0.1, 0.15) is 5.82 Å². The lowest BCUT2D eigenvalue weighted by Gasteiger charge is -1.99. The fourth-order valence-corrected chi connectivity index (χ4v) is 0.683. The Morgan fingerprint density at radius 1 is 1.75 bits per heavy atom. The van der Waals surface area contributed by atoms with Crippen molar-refractivity contribution in [1.29, 1.82) is 0 Å². The highest BCUT2D eigenvalue weighted by molar-refractivity contribution is 5.88. The second-order valence-corrected chi connectivity index (χ2v) is 2.01. The molecule has 1 radical (unpaired) electrons. The maximum absolute atomic E-state index is 12.4. The molecule has 1 aromatic rings. The molecule has 0 aromatic carbocycles. The average Bonchev–Trinajstić information content (AvgIpc) is 2.05. The van der Waals surface area contributed by atoms with Crippen LogP contribution in [0, 0.1) is 11.9 Å². The molecule has 12 heavy (non-hydrogen) atoms. The number of aromatic nitrogens is 1. The van der Waals surface area contributed by atoms with E-state index in [1.54, 1.807) is 6.92 Å². The van der Waals surface area contributed by atoms with Crippen LogP contribution in [0.15, 0.2) is 12.4 Å². The minimum Gasteiger partial charge on any atom is -0.462 e. The first-order valence-electron chi connectivity index (χ1n) is 3.44. The lowest BCUT2D eigenvalue weighted by Crippen LogP contribution is -2.05. The van der Waals surface area contributed by atoms with Gasteiger partial charge in [0, 0.05) is 12.3 Å². The molecule has 0 fully saturated rings. The maximum atomic E-state index is 12.4. The van der Waals surface area contributed by atoms with Gasteiger partial charge in [-0.15, -0.1) is 0 Å². The highest BCUT2D eigenvalue weighted by Gasteiger charge is 2.07. The molecule has 1 aromatic heterocycles. The van der Waals surface area contributed by atoms with Crippen molar-refractivity contribution in [3.05, 3.63) is 29.8 Å². The van der Waals surface area contributed by atoms with E-state index in [-0.39, 0.29) is 12.2 Å². The van der Waals surface area contributed by atoms with Crippen molar-refractivity contribution in [2.24, 2.45) is 0 Å². The normalized spacial score (nSPS) is 9.50. The van der Waals surface area contributed by atoms with Gasteiger partial charge in [-0.25, -0.2) is 9.18 Å². The van der Waals surface area contributed by atoms with Crippen molar-refractivity contribution in [1.82, 2.24) is 4.98 Å². The van der Waals surface area contributed by atoms with Crippen LogP contribution >= 0.6 is 0 Å². The number of carbonyl (C=O) groups excluding carboxylic acids is 1. The Morgan fingerprint density at radius 2 is 2.50 bits per heavy atom. The van der Waals surface area contributed by atoms with E-state index in [0.717, 1.165) is 6.20 Å². The summed E-state index contributed by atoms with van der Waals surface area (Å²) in [5.74, 6) is -1.27. The number of halogens is 1. The van der Waals surface area contributed by atoms with Crippen molar-refractivity contribution in [3.8, 4) is 0 Å². The van der Waals surface area contributed by atoms with E-state index < -0.39 is 11.8 Å². The minimum absolute atomic E-state index is 0.0110. The van der Waals surface area contributed by atoms with Crippen LogP contribution in [0.4, 0.5) is 4.39 Å². The van der Waals surface area contributed by atoms with E-state index in [1.807, 2.05) is 0 Å². The summed E-state index contributed by atoms with van der Waals surface area (Å²) in [5.41, 5.74) is 0.0110. The molecule has 0 spiro atoms. The van der Waals surface area contributed by atoms with Gasteiger partial charge in [-0.1, -0.05) is 0 Å². The van der Waals surface area contributed by atoms with Gasteiger partial charge < -0.3 is 4.74 Å². The molecule has 0 aliphatic rings. The van der Waals surface area contributed by atoms with Crippen LogP contribution in [0.5, 0.6) is 0 Å². The molecule has 0 amide bonds. The van der Waals surface area contributed by atoms with Gasteiger partial charge in [0.15, 0.2) is 0 Å². The summed E-state index contributed by atoms with van der Waals surface area (Å²) in [7, 11) is 0. The molecular weight excluding hydrogens is 161 g/mol. The monoisotopic (exact) mass is 168 g/mol. The Kier molecular flexibility index (Phi) is 2.74. The number of nitrogens with zero attached hydrogens (tertiary/aromatic N) is 1. The Hall–Kier alpha value is -1.45. The van der Waals surface area contributed by atoms with Crippen LogP contribution in [0.2, 0.25) is 0 Å². The van der Waals surface area contributed by atoms with E-state index in [4.69, 9.17) is 0 Å². The molecule has 0 unspecified atom stereocenters. The quantitative estimate of drug-likeness (QED) is 0.623. The van der Waals surface area contributed by atoms with Gasteiger partial charge in [-0.05, 0) is 6.92 Å². The summed E-state index contributed by atoms with van der Waals surface area (Å²) in [5, 5.41) is 0. The van der Waals surface area contributed by atoms with Crippen LogP contribution in [-0.2, 0) is 4.74 Å². The van der Waals surface area contributed by atoms with Gasteiger partial charge in [-0.3, -0.25) is 4.98 Å². The molecule has 3 nitrogen and oxygen atoms in total. The van der Waals surface area contributed by atoms with Crippen molar-refractivity contribution in [2.45, 2.75) is 6.92 Å². The Morgan fingerprint density at radius 3 is 3.08 bits per heavy atom. The van der Waals surface area contributed by atoms with E-state index in [1.165, 1.54) is 6.20 Å². The molecule has 63 valence electrons. The van der Waals surface area contributed by atoms with Crippen molar-refractivity contribution in [2.75, 3.05) is 6.61 Å². The summed E-state index contributed by atoms with van der Waals surface area (Å²) in [6, 6.07) is 2.19. The summed E-state index contributed by atoms with van der Waals surface area (Å²) < 4.78 is 17.0. The zero-order valence-corrected chi connectivity index (χ0v) is 6.50. The zero-order chi connectivity index (χ0) is 8.97. The van der Waals surface area contributed by atoms with Gasteiger partial charge in [-0.2, -0.15) is 0 Å². The lowest BCUT2D eigenvalue weighted by atomic mass is 10.3. The number of hydrogen-bond donors (Lipinski definition) is 0. The van der Waals surface area contributed by atoms with E-state index >= 15 is 0 Å². The Balaban J connectivity index is 2.81. The van der Waals surface area contributed by atoms with Crippen LogP contribution < -0.4 is 0 Å². The predicted molar refractivity (Wildman–Crippen MR) is 39.0 cm³/mol. The summed E-state index contributed by atoms with van der Waals surface area (Å²) >= 11 is 0. The first-order valence-corrected chi connectivity index (χ1v) is 3.44. The van der Waals surface area contributed by atoms with E-state index in [0.29, 0.717) is 0 Å². The summed E-state index contributed by atoms with van der Waals surface area (Å²) in [6.45, 7) is 1.92. The Labute approximate surface area is 69.2 Å². The van der Waals surface area contributed by atoms with Crippen LogP contribution in [0.25, 0.3) is 0 Å². The van der Waals surface area contributed by atoms with Gasteiger partial charge in [0.25, 0.3) is 0 Å². The average molecular weight is 168 g/mol. The number of hydrogen-bond acceptors (Lipinski definition) is 3. The smallest absolute Gasteiger partial charge is 0.340 e. The molecule has 0 aliphatic carbocycles. The molecule has 0 N–H and O–H groups in total. The van der Waals surface area contributed by atoms with E-state index in [9.17, 15) is 9.18 Å². The van der Waals surface area contributed by atoms with Crippen LogP contribution in [-0.4, -0.2) is 17.6 Å². The van der Waals surface area contributed by atoms with Crippen LogP contribution in [0.1, 0.15) is 17.3 Å². The molecule has 1 heterocycles. The molecule has 0 atom stereocenters. The zero-order valence-electron chi connectivity index (χ0n) is 6.50. The molecular formula is C8H7FNO2. The van der Waals surface area contributed by atoms with Gasteiger partial charge >= 0.3 is 5.97 Å². The number of pyridine rings is 1. The fourth-order valence-electron chi connectivity index (χ4n) is 0.683. The SMILES string of the molecule is CCOC(=O)c1[c]c(F)cnc1. The number of esters is 1. The third-order valence-electron chi connectivity index (χ3n) is 1.14. The first kappa shape index (κ1) is 8.64. The van der Waals surface area contributed by atoms with Crippen molar-refractivity contribution in [3.63, 3.8) is 0 Å². The third-order valence-corrected chi connectivity index (χ3v) is 1.14. The van der Waals surface area contributed by atoms with Crippen molar-refractivity contribution < 1.29 is 13.9 Å². The van der Waals surface area contributed by atoms with Crippen molar-refractivity contribution >= 4 is 5.97 Å². The standard InChI is InChI=1S/C8H7FNO2/c1-2-12-8(11)6-3-7(9)5-10-4-6/h4-5H,2H2,1H3. The van der Waals surface area contributed by atoms with Crippen LogP contribution in [0.3, 0.4) is 0 Å². The summed E-state index contributed by atoms with van der Waals surface area (Å²) in [4.78, 5) is 14.4. The first-order chi connectivity index (χ1) is 5.74. The topological polar surface area (TPSA) is 39.2 Å². The third kappa shape index (κ3) is 2.02. The Bertz CT molecular complexity index is 288. The van der Waals surface area contributed by atoms with E-state index in [2.05, 4.69) is 15.8 Å². The number of carbonyl (C=O) groups is 1. The fraction of sp³-hybridized carbons (Fsp3) is 0.250. The number of ether oxygens (including phenoxy) is 1. The minimum atomic E-state index is -0.666.